The van der Waals surface area contributed by atoms with Gasteiger partial charge in [0, 0.05) is 0 Å². The topological polar surface area (TPSA) is 80.3 Å². The molecule has 3 rings (SSSR count). The Morgan fingerprint density at radius 3 is 1.61 bits per heavy atom. The van der Waals surface area contributed by atoms with Crippen molar-refractivity contribution in [1.82, 2.24) is 0 Å². The van der Waals surface area contributed by atoms with E-state index in [1.54, 1.807) is 60.3 Å². The number of ether oxygens (including phenoxy) is 3. The zero-order valence-electron chi connectivity index (χ0n) is 28.3. The molecule has 10 heteroatoms. The van der Waals surface area contributed by atoms with E-state index in [0.29, 0.717) is 11.1 Å². The number of esters is 2. The summed E-state index contributed by atoms with van der Waals surface area (Å²) in [5.41, 5.74) is 0.299. The van der Waals surface area contributed by atoms with Crippen LogP contribution < -0.4 is 0 Å². The molecule has 1 aliphatic rings. The van der Waals surface area contributed by atoms with Crippen LogP contribution in [0.3, 0.4) is 0 Å². The second kappa shape index (κ2) is 14.6. The molecule has 0 bridgehead atoms. The molecule has 5 atom stereocenters. The van der Waals surface area contributed by atoms with Crippen LogP contribution in [0.2, 0.25) is 36.3 Å². The summed E-state index contributed by atoms with van der Waals surface area (Å²) in [6.45, 7) is 24.0. The van der Waals surface area contributed by atoms with Gasteiger partial charge in [-0.25, -0.2) is 9.59 Å². The molecule has 2 aromatic carbocycles. The Hall–Kier alpha value is -1.96. The lowest BCUT2D eigenvalue weighted by Crippen LogP contribution is -2.64. The minimum absolute atomic E-state index is 0.0275. The molecule has 0 amide bonds. The lowest BCUT2D eigenvalue weighted by Gasteiger charge is -2.50. The summed E-state index contributed by atoms with van der Waals surface area (Å²) in [4.78, 5) is 27.1. The zero-order chi connectivity index (χ0) is 32.9. The Labute approximate surface area is 271 Å². The average Bonchev–Trinajstić information content (AvgIpc) is 2.94. The highest BCUT2D eigenvalue weighted by Crippen LogP contribution is 2.43. The molecule has 0 unspecified atom stereocenters. The van der Waals surface area contributed by atoms with Gasteiger partial charge in [-0.1, -0.05) is 84.9 Å². The van der Waals surface area contributed by atoms with Crippen molar-refractivity contribution < 1.29 is 32.7 Å². The van der Waals surface area contributed by atoms with E-state index < -0.39 is 58.4 Å². The molecule has 2 aromatic rings. The van der Waals surface area contributed by atoms with Gasteiger partial charge in [-0.05, 0) is 66.3 Å². The van der Waals surface area contributed by atoms with Crippen molar-refractivity contribution in [2.75, 3.05) is 12.4 Å². The van der Waals surface area contributed by atoms with E-state index in [9.17, 15) is 9.59 Å². The lowest BCUT2D eigenvalue weighted by molar-refractivity contribution is -0.201. The van der Waals surface area contributed by atoms with Crippen molar-refractivity contribution in [1.29, 1.82) is 0 Å². The normalized spacial score (nSPS) is 23.2. The first-order valence-electron chi connectivity index (χ1n) is 15.5. The fraction of sp³-hybridized carbons (Fsp3) is 0.588. The summed E-state index contributed by atoms with van der Waals surface area (Å²) >= 11 is 1.55. The molecule has 0 spiro atoms. The quantitative estimate of drug-likeness (QED) is 0.176. The second-order valence-electron chi connectivity index (χ2n) is 14.4. The van der Waals surface area contributed by atoms with E-state index in [2.05, 4.69) is 67.7 Å². The minimum Gasteiger partial charge on any atom is -0.453 e. The molecular weight excluding hydrogens is 609 g/mol. The van der Waals surface area contributed by atoms with E-state index in [1.165, 1.54) is 0 Å². The number of hydrogen-bond acceptors (Lipinski definition) is 8. The van der Waals surface area contributed by atoms with Crippen molar-refractivity contribution in [2.45, 2.75) is 115 Å². The Kier molecular flexibility index (Phi) is 12.1. The largest absolute Gasteiger partial charge is 0.453 e. The summed E-state index contributed by atoms with van der Waals surface area (Å²) in [6, 6.07) is 17.8. The Bertz CT molecular complexity index is 1230. The fourth-order valence-electron chi connectivity index (χ4n) is 4.27. The molecule has 7 nitrogen and oxygen atoms in total. The summed E-state index contributed by atoms with van der Waals surface area (Å²) in [5, 5.41) is -0.186. The molecule has 244 valence electrons. The van der Waals surface area contributed by atoms with Crippen LogP contribution in [0.4, 0.5) is 0 Å². The minimum atomic E-state index is -2.49. The molecule has 1 fully saturated rings. The summed E-state index contributed by atoms with van der Waals surface area (Å²) in [5.74, 6) is -0.245. The van der Waals surface area contributed by atoms with E-state index in [0.717, 1.165) is 5.75 Å². The average molecular weight is 661 g/mol. The van der Waals surface area contributed by atoms with Gasteiger partial charge in [-0.2, -0.15) is 0 Å². The van der Waals surface area contributed by atoms with Crippen LogP contribution in [0.25, 0.3) is 0 Å². The molecule has 0 aliphatic carbocycles. The molecule has 1 aliphatic heterocycles. The van der Waals surface area contributed by atoms with Gasteiger partial charge in [0.15, 0.2) is 28.8 Å². The third kappa shape index (κ3) is 9.07. The molecule has 1 heterocycles. The smallest absolute Gasteiger partial charge is 0.338 e. The highest BCUT2D eigenvalue weighted by molar-refractivity contribution is 7.99. The number of carbonyl (C=O) groups excluding carboxylic acids is 2. The zero-order valence-corrected chi connectivity index (χ0v) is 31.2. The van der Waals surface area contributed by atoms with Crippen LogP contribution in [-0.2, 0) is 23.1 Å². The standard InChI is InChI=1S/C34H52O7SSi2/c1-12-42-32-29(40-31(36)25-21-17-14-18-22-25)28(41-44(10,11)34(5,6)7)27(39-30(35)24-19-15-13-16-20-24)26(38-32)23-37-43(8,9)33(2,3)4/h13-22,26-29,32H,12,23H2,1-11H3/t26-,27-,28+,29-,32+/m1/s1. The summed E-state index contributed by atoms with van der Waals surface area (Å²) in [7, 11) is -4.68. The summed E-state index contributed by atoms with van der Waals surface area (Å²) in [6.07, 6.45) is -3.13. The maximum absolute atomic E-state index is 13.6. The van der Waals surface area contributed by atoms with Crippen LogP contribution in [0.5, 0.6) is 0 Å². The van der Waals surface area contributed by atoms with Crippen LogP contribution in [0.15, 0.2) is 60.7 Å². The van der Waals surface area contributed by atoms with Crippen LogP contribution >= 0.6 is 11.8 Å². The summed E-state index contributed by atoms with van der Waals surface area (Å²) < 4.78 is 33.1. The first-order chi connectivity index (χ1) is 20.4. The molecule has 0 N–H and O–H groups in total. The van der Waals surface area contributed by atoms with Crippen LogP contribution in [-0.4, -0.2) is 70.8 Å². The van der Waals surface area contributed by atoms with E-state index in [4.69, 9.17) is 23.1 Å². The molecule has 0 radical (unpaired) electrons. The Morgan fingerprint density at radius 2 is 1.18 bits per heavy atom. The second-order valence-corrected chi connectivity index (χ2v) is 25.3. The van der Waals surface area contributed by atoms with E-state index >= 15 is 0 Å². The maximum atomic E-state index is 13.6. The van der Waals surface area contributed by atoms with Gasteiger partial charge in [0.05, 0.1) is 17.7 Å². The van der Waals surface area contributed by atoms with Gasteiger partial charge in [-0.15, -0.1) is 11.8 Å². The highest BCUT2D eigenvalue weighted by Gasteiger charge is 2.54. The maximum Gasteiger partial charge on any atom is 0.338 e. The highest BCUT2D eigenvalue weighted by atomic mass is 32.2. The van der Waals surface area contributed by atoms with Crippen molar-refractivity contribution >= 4 is 40.3 Å². The third-order valence-corrected chi connectivity index (χ3v) is 19.1. The van der Waals surface area contributed by atoms with Gasteiger partial charge in [0.2, 0.25) is 0 Å². The van der Waals surface area contributed by atoms with Crippen molar-refractivity contribution in [3.8, 4) is 0 Å². The van der Waals surface area contributed by atoms with Crippen LogP contribution in [0.1, 0.15) is 69.2 Å². The predicted octanol–water partition coefficient (Wildman–Crippen LogP) is 8.33. The number of hydrogen-bond donors (Lipinski definition) is 0. The molecule has 0 saturated carbocycles. The van der Waals surface area contributed by atoms with Gasteiger partial charge in [0.25, 0.3) is 0 Å². The fourth-order valence-corrected chi connectivity index (χ4v) is 7.53. The molecule has 1 saturated heterocycles. The third-order valence-electron chi connectivity index (χ3n) is 9.08. The first kappa shape index (κ1) is 36.5. The first-order valence-corrected chi connectivity index (χ1v) is 22.4. The number of benzene rings is 2. The van der Waals surface area contributed by atoms with Crippen molar-refractivity contribution in [3.63, 3.8) is 0 Å². The number of carbonyl (C=O) groups is 2. The van der Waals surface area contributed by atoms with Gasteiger partial charge < -0.3 is 23.1 Å². The SMILES string of the molecule is CCS[C@@H]1O[C@H](CO[Si](C)(C)C(C)(C)C)[C@@H](OC(=O)c2ccccc2)[C@H](O[Si](C)(C)C(C)(C)C)[C@H]1OC(=O)c1ccccc1. The van der Waals surface area contributed by atoms with E-state index in [1.807, 2.05) is 19.1 Å². The van der Waals surface area contributed by atoms with Crippen molar-refractivity contribution in [2.24, 2.45) is 0 Å². The van der Waals surface area contributed by atoms with Gasteiger partial charge >= 0.3 is 11.9 Å². The molecule has 44 heavy (non-hydrogen) atoms. The molecule has 0 aromatic heterocycles. The predicted molar refractivity (Wildman–Crippen MR) is 183 cm³/mol. The Balaban J connectivity index is 2.12. The van der Waals surface area contributed by atoms with Gasteiger partial charge in [-0.3, -0.25) is 0 Å². The van der Waals surface area contributed by atoms with Crippen molar-refractivity contribution in [3.05, 3.63) is 71.8 Å². The Morgan fingerprint density at radius 1 is 0.727 bits per heavy atom. The number of thioether (sulfide) groups is 1. The van der Waals surface area contributed by atoms with E-state index in [-0.39, 0.29) is 16.7 Å². The van der Waals surface area contributed by atoms with Gasteiger partial charge in [0.1, 0.15) is 17.6 Å². The molecular formula is C34H52O7SSi2. The number of rotatable bonds is 11. The lowest BCUT2D eigenvalue weighted by atomic mass is 9.99. The van der Waals surface area contributed by atoms with Crippen LogP contribution in [0, 0.1) is 0 Å². The monoisotopic (exact) mass is 660 g/mol.